The first kappa shape index (κ1) is 12.2. The smallest absolute Gasteiger partial charge is 0.122 e. The van der Waals surface area contributed by atoms with E-state index in [0.717, 1.165) is 5.56 Å². The number of hydrogen-bond acceptors (Lipinski definition) is 0. The molecule has 0 N–H and O–H groups in total. The lowest BCUT2D eigenvalue weighted by atomic mass is 9.92. The van der Waals surface area contributed by atoms with E-state index in [9.17, 15) is 4.39 Å². The first-order valence-electron chi connectivity index (χ1n) is 5.70. The third-order valence-electron chi connectivity index (χ3n) is 2.79. The number of rotatable bonds is 3. The molecule has 0 aromatic heterocycles. The van der Waals surface area contributed by atoms with Gasteiger partial charge < -0.3 is 0 Å². The van der Waals surface area contributed by atoms with Gasteiger partial charge >= 0.3 is 0 Å². The fraction of sp³-hybridized carbons (Fsp3) is 0.571. The molecule has 1 atom stereocenters. The quantitative estimate of drug-likeness (QED) is 0.658. The summed E-state index contributed by atoms with van der Waals surface area (Å²) < 4.78 is 13.3. The molecule has 1 aromatic carbocycles. The van der Waals surface area contributed by atoms with Gasteiger partial charge in [0.25, 0.3) is 0 Å². The van der Waals surface area contributed by atoms with Crippen LogP contribution >= 0.6 is 0 Å². The van der Waals surface area contributed by atoms with E-state index in [0.29, 0.717) is 11.8 Å². The van der Waals surface area contributed by atoms with E-state index in [-0.39, 0.29) is 0 Å². The van der Waals surface area contributed by atoms with E-state index in [1.54, 1.807) is 6.92 Å². The largest absolute Gasteiger partial charge is 0.243 e. The first-order valence-corrected chi connectivity index (χ1v) is 5.70. The standard InChI is InChI=1S/C14H21F/c1-9(2)12-6-13(10(3)4)8-14(7-12)11(5)15/h6-11H,1-5H3. The molecule has 0 saturated carbocycles. The first-order chi connectivity index (χ1) is 6.91. The minimum absolute atomic E-state index is 0.459. The minimum Gasteiger partial charge on any atom is -0.243 e. The highest BCUT2D eigenvalue weighted by Gasteiger charge is 2.10. The zero-order chi connectivity index (χ0) is 11.6. The van der Waals surface area contributed by atoms with Crippen molar-refractivity contribution in [3.8, 4) is 0 Å². The summed E-state index contributed by atoms with van der Waals surface area (Å²) >= 11 is 0. The summed E-state index contributed by atoms with van der Waals surface area (Å²) in [7, 11) is 0. The van der Waals surface area contributed by atoms with Crippen molar-refractivity contribution in [2.75, 3.05) is 0 Å². The Balaban J connectivity index is 3.20. The maximum Gasteiger partial charge on any atom is 0.122 e. The molecule has 1 heteroatoms. The monoisotopic (exact) mass is 208 g/mol. The van der Waals surface area contributed by atoms with Gasteiger partial charge in [-0.2, -0.15) is 0 Å². The minimum atomic E-state index is -0.874. The molecule has 15 heavy (non-hydrogen) atoms. The van der Waals surface area contributed by atoms with Crippen molar-refractivity contribution >= 4 is 0 Å². The molecule has 0 heterocycles. The second-order valence-electron chi connectivity index (χ2n) is 4.86. The van der Waals surface area contributed by atoms with Crippen molar-refractivity contribution in [3.05, 3.63) is 34.9 Å². The molecule has 0 aliphatic rings. The van der Waals surface area contributed by atoms with Crippen molar-refractivity contribution < 1.29 is 4.39 Å². The highest BCUT2D eigenvalue weighted by atomic mass is 19.1. The van der Waals surface area contributed by atoms with Gasteiger partial charge in [-0.05, 0) is 35.4 Å². The lowest BCUT2D eigenvalue weighted by Gasteiger charge is -2.14. The summed E-state index contributed by atoms with van der Waals surface area (Å²) in [6.45, 7) is 10.2. The molecule has 1 aromatic rings. The van der Waals surface area contributed by atoms with Gasteiger partial charge in [-0.1, -0.05) is 45.9 Å². The fourth-order valence-electron chi connectivity index (χ4n) is 1.60. The molecular weight excluding hydrogens is 187 g/mol. The highest BCUT2D eigenvalue weighted by molar-refractivity contribution is 5.34. The van der Waals surface area contributed by atoms with Crippen LogP contribution in [0.15, 0.2) is 18.2 Å². The molecule has 0 amide bonds. The zero-order valence-electron chi connectivity index (χ0n) is 10.3. The normalized spacial score (nSPS) is 13.6. The maximum absolute atomic E-state index is 13.3. The van der Waals surface area contributed by atoms with Crippen LogP contribution in [-0.4, -0.2) is 0 Å². The number of benzene rings is 1. The Morgan fingerprint density at radius 3 is 1.33 bits per heavy atom. The molecule has 0 aliphatic carbocycles. The Morgan fingerprint density at radius 2 is 1.07 bits per heavy atom. The second-order valence-corrected chi connectivity index (χ2v) is 4.86. The predicted octanol–water partition coefficient (Wildman–Crippen LogP) is 4.96. The van der Waals surface area contributed by atoms with Crippen LogP contribution in [0.25, 0.3) is 0 Å². The van der Waals surface area contributed by atoms with Gasteiger partial charge in [0, 0.05) is 0 Å². The van der Waals surface area contributed by atoms with Crippen LogP contribution < -0.4 is 0 Å². The topological polar surface area (TPSA) is 0 Å². The van der Waals surface area contributed by atoms with Crippen LogP contribution in [0.4, 0.5) is 4.39 Å². The Bertz CT molecular complexity index is 259. The Labute approximate surface area is 92.5 Å². The maximum atomic E-state index is 13.3. The van der Waals surface area contributed by atoms with Crippen molar-refractivity contribution in [3.63, 3.8) is 0 Å². The summed E-state index contributed by atoms with van der Waals surface area (Å²) in [5.41, 5.74) is 3.28. The number of hydrogen-bond donors (Lipinski definition) is 0. The summed E-state index contributed by atoms with van der Waals surface area (Å²) in [4.78, 5) is 0. The fourth-order valence-corrected chi connectivity index (χ4v) is 1.60. The molecule has 1 rings (SSSR count). The van der Waals surface area contributed by atoms with Crippen molar-refractivity contribution in [1.29, 1.82) is 0 Å². The lowest BCUT2D eigenvalue weighted by molar-refractivity contribution is 0.373. The van der Waals surface area contributed by atoms with Gasteiger partial charge in [0.2, 0.25) is 0 Å². The van der Waals surface area contributed by atoms with Crippen LogP contribution in [-0.2, 0) is 0 Å². The molecule has 1 unspecified atom stereocenters. The van der Waals surface area contributed by atoms with Crippen LogP contribution in [0.3, 0.4) is 0 Å². The average Bonchev–Trinajstić information content (AvgIpc) is 2.16. The van der Waals surface area contributed by atoms with Gasteiger partial charge in [0.15, 0.2) is 0 Å². The molecule has 0 nitrogen and oxygen atoms in total. The van der Waals surface area contributed by atoms with Crippen molar-refractivity contribution in [2.24, 2.45) is 0 Å². The second kappa shape index (κ2) is 4.78. The van der Waals surface area contributed by atoms with Gasteiger partial charge in [-0.15, -0.1) is 0 Å². The predicted molar refractivity (Wildman–Crippen MR) is 64.1 cm³/mol. The average molecular weight is 208 g/mol. The summed E-state index contributed by atoms with van der Waals surface area (Å²) in [5.74, 6) is 0.919. The van der Waals surface area contributed by atoms with E-state index >= 15 is 0 Å². The van der Waals surface area contributed by atoms with Crippen LogP contribution in [0.1, 0.15) is 69.3 Å². The van der Waals surface area contributed by atoms with Crippen LogP contribution in [0.5, 0.6) is 0 Å². The van der Waals surface area contributed by atoms with Crippen LogP contribution in [0.2, 0.25) is 0 Å². The molecule has 0 bridgehead atoms. The van der Waals surface area contributed by atoms with Gasteiger partial charge in [0.05, 0.1) is 0 Å². The van der Waals surface area contributed by atoms with Crippen molar-refractivity contribution in [2.45, 2.75) is 52.6 Å². The number of halogens is 1. The molecule has 0 fully saturated rings. The zero-order valence-corrected chi connectivity index (χ0v) is 10.3. The Kier molecular flexibility index (Phi) is 3.90. The molecular formula is C14H21F. The molecule has 84 valence electrons. The van der Waals surface area contributed by atoms with E-state index < -0.39 is 6.17 Å². The Morgan fingerprint density at radius 1 is 0.733 bits per heavy atom. The van der Waals surface area contributed by atoms with E-state index in [1.807, 2.05) is 12.1 Å². The Hall–Kier alpha value is -0.850. The molecule has 0 radical (unpaired) electrons. The molecule has 0 saturated heterocycles. The molecule has 0 aliphatic heterocycles. The van der Waals surface area contributed by atoms with E-state index in [2.05, 4.69) is 33.8 Å². The van der Waals surface area contributed by atoms with E-state index in [1.165, 1.54) is 11.1 Å². The van der Waals surface area contributed by atoms with Gasteiger partial charge in [-0.3, -0.25) is 0 Å². The van der Waals surface area contributed by atoms with E-state index in [4.69, 9.17) is 0 Å². The highest BCUT2D eigenvalue weighted by Crippen LogP contribution is 2.27. The third-order valence-corrected chi connectivity index (χ3v) is 2.79. The van der Waals surface area contributed by atoms with Gasteiger partial charge in [-0.25, -0.2) is 4.39 Å². The number of alkyl halides is 1. The van der Waals surface area contributed by atoms with Crippen molar-refractivity contribution in [1.82, 2.24) is 0 Å². The summed E-state index contributed by atoms with van der Waals surface area (Å²) in [6, 6.07) is 6.17. The third kappa shape index (κ3) is 3.05. The van der Waals surface area contributed by atoms with Gasteiger partial charge in [0.1, 0.15) is 6.17 Å². The SMILES string of the molecule is CC(C)c1cc(C(C)C)cc(C(C)F)c1. The lowest BCUT2D eigenvalue weighted by Crippen LogP contribution is -1.97. The molecule has 0 spiro atoms. The van der Waals surface area contributed by atoms with Crippen LogP contribution in [0, 0.1) is 0 Å². The summed E-state index contributed by atoms with van der Waals surface area (Å²) in [6.07, 6.45) is -0.874. The summed E-state index contributed by atoms with van der Waals surface area (Å²) in [5, 5.41) is 0.